The van der Waals surface area contributed by atoms with Gasteiger partial charge in [0.05, 0.1) is 22.0 Å². The van der Waals surface area contributed by atoms with Gasteiger partial charge < -0.3 is 13.4 Å². The molecule has 0 fully saturated rings. The molecular formula is C56H40N2O2S. The van der Waals surface area contributed by atoms with Crippen LogP contribution in [0, 0.1) is 0 Å². The average molecular weight is 805 g/mol. The van der Waals surface area contributed by atoms with Crippen LogP contribution in [0.3, 0.4) is 0 Å². The number of furan rings is 2. The van der Waals surface area contributed by atoms with Crippen LogP contribution in [0.25, 0.3) is 88.2 Å². The smallest absolute Gasteiger partial charge is 0.135 e. The number of aromatic nitrogens is 1. The highest BCUT2D eigenvalue weighted by molar-refractivity contribution is 8.14. The van der Waals surface area contributed by atoms with Crippen LogP contribution in [0.4, 0.5) is 0 Å². The van der Waals surface area contributed by atoms with Crippen molar-refractivity contribution in [2.24, 2.45) is 4.99 Å². The Morgan fingerprint density at radius 1 is 0.492 bits per heavy atom. The first-order chi connectivity index (χ1) is 29.8. The van der Waals surface area contributed by atoms with Crippen molar-refractivity contribution in [3.63, 3.8) is 0 Å². The van der Waals surface area contributed by atoms with E-state index in [-0.39, 0.29) is 10.7 Å². The SMILES string of the molecule is CC(C)(C)c1cc2oc3ccccc3c2cc1-c1ccc2c(c1)c1ccccc1n2-c1ccc2oc3ccc(C4=CC(c5ccccc5)SC(c5ccccc5)=N4)cc3c2c1. The van der Waals surface area contributed by atoms with E-state index in [0.29, 0.717) is 0 Å². The molecule has 0 amide bonds. The zero-order valence-electron chi connectivity index (χ0n) is 34.0. The molecule has 4 nitrogen and oxygen atoms in total. The number of rotatable bonds is 5. The molecule has 1 aliphatic heterocycles. The Labute approximate surface area is 357 Å². The van der Waals surface area contributed by atoms with Gasteiger partial charge >= 0.3 is 0 Å². The van der Waals surface area contributed by atoms with Crippen LogP contribution in [0.5, 0.6) is 0 Å². The first-order valence-electron chi connectivity index (χ1n) is 20.9. The maximum absolute atomic E-state index is 6.50. The number of aliphatic imine (C=N–C) groups is 1. The standard InChI is InChI=1S/C56H40N2O2S/c1-56(2,3)46-32-53-45(40-19-11-13-21-50(40)60-53)31-41(46)36-22-25-49-42(28-36)39-18-10-12-20-48(39)58(49)38-24-27-52-44(30-38)43-29-37(23-26-51(43)59-52)47-33-54(34-14-6-4-7-15-34)61-55(57-47)35-16-8-5-9-17-35/h4-33,54H,1-3H3. The lowest BCUT2D eigenvalue weighted by atomic mass is 9.81. The number of nitrogens with zero attached hydrogens (tertiary/aromatic N) is 2. The Kier molecular flexibility index (Phi) is 8.07. The molecule has 0 radical (unpaired) electrons. The third-order valence-corrected chi connectivity index (χ3v) is 13.4. The van der Waals surface area contributed by atoms with Crippen molar-refractivity contribution >= 4 is 88.2 Å². The summed E-state index contributed by atoms with van der Waals surface area (Å²) in [6.07, 6.45) is 2.30. The van der Waals surface area contributed by atoms with Crippen LogP contribution in [0.2, 0.25) is 0 Å². The molecule has 61 heavy (non-hydrogen) atoms. The highest BCUT2D eigenvalue weighted by Crippen LogP contribution is 2.44. The molecule has 1 atom stereocenters. The summed E-state index contributed by atoms with van der Waals surface area (Å²) in [6.45, 7) is 6.85. The predicted molar refractivity (Wildman–Crippen MR) is 257 cm³/mol. The van der Waals surface area contributed by atoms with Crippen molar-refractivity contribution in [3.05, 3.63) is 204 Å². The largest absolute Gasteiger partial charge is 0.456 e. The fourth-order valence-corrected chi connectivity index (χ4v) is 10.4. The summed E-state index contributed by atoms with van der Waals surface area (Å²) in [5.74, 6) is 0. The Morgan fingerprint density at radius 2 is 1.11 bits per heavy atom. The molecule has 0 aliphatic carbocycles. The fourth-order valence-electron chi connectivity index (χ4n) is 9.26. The molecule has 0 N–H and O–H groups in total. The third kappa shape index (κ3) is 5.95. The van der Waals surface area contributed by atoms with Gasteiger partial charge in [0, 0.05) is 49.1 Å². The molecule has 12 rings (SSSR count). The van der Waals surface area contributed by atoms with Gasteiger partial charge in [-0.1, -0.05) is 136 Å². The molecule has 1 aliphatic rings. The second-order valence-corrected chi connectivity index (χ2v) is 18.2. The Hall–Kier alpha value is -7.08. The molecule has 3 aromatic heterocycles. The van der Waals surface area contributed by atoms with Gasteiger partial charge in [0.1, 0.15) is 27.4 Å². The monoisotopic (exact) mass is 804 g/mol. The van der Waals surface area contributed by atoms with E-state index in [0.717, 1.165) is 82.5 Å². The zero-order valence-corrected chi connectivity index (χ0v) is 34.8. The van der Waals surface area contributed by atoms with E-state index in [9.17, 15) is 0 Å². The number of fused-ring (bicyclic) bond motifs is 9. The van der Waals surface area contributed by atoms with E-state index >= 15 is 0 Å². The van der Waals surface area contributed by atoms with Gasteiger partial charge in [-0.15, -0.1) is 0 Å². The first kappa shape index (κ1) is 35.8. The molecule has 0 bridgehead atoms. The zero-order chi connectivity index (χ0) is 40.8. The lowest BCUT2D eigenvalue weighted by molar-refractivity contribution is 0.589. The van der Waals surface area contributed by atoms with Crippen molar-refractivity contribution in [3.8, 4) is 16.8 Å². The summed E-state index contributed by atoms with van der Waals surface area (Å²) >= 11 is 1.80. The second-order valence-electron chi connectivity index (χ2n) is 17.1. The van der Waals surface area contributed by atoms with Crippen LogP contribution < -0.4 is 0 Å². The van der Waals surface area contributed by atoms with Crippen LogP contribution in [-0.4, -0.2) is 9.61 Å². The number of hydrogen-bond acceptors (Lipinski definition) is 4. The number of benzene rings is 8. The minimum absolute atomic E-state index is 0.0965. The van der Waals surface area contributed by atoms with E-state index in [1.807, 2.05) is 6.07 Å². The van der Waals surface area contributed by atoms with Crippen LogP contribution in [0.15, 0.2) is 196 Å². The fraction of sp³-hybridized carbons (Fsp3) is 0.0893. The lowest BCUT2D eigenvalue weighted by Gasteiger charge is -2.23. The first-order valence-corrected chi connectivity index (χ1v) is 21.8. The van der Waals surface area contributed by atoms with Crippen LogP contribution in [0.1, 0.15) is 48.3 Å². The van der Waals surface area contributed by atoms with Crippen molar-refractivity contribution in [2.75, 3.05) is 0 Å². The van der Waals surface area contributed by atoms with Crippen molar-refractivity contribution in [2.45, 2.75) is 31.4 Å². The number of hydrogen-bond donors (Lipinski definition) is 0. The Bertz CT molecular complexity index is 3600. The Balaban J connectivity index is 1.00. The molecule has 0 saturated carbocycles. The average Bonchev–Trinajstić information content (AvgIpc) is 3.97. The summed E-state index contributed by atoms with van der Waals surface area (Å²) in [6, 6.07) is 62.9. The predicted octanol–water partition coefficient (Wildman–Crippen LogP) is 15.8. The molecule has 8 aromatic carbocycles. The van der Waals surface area contributed by atoms with Crippen molar-refractivity contribution in [1.29, 1.82) is 0 Å². The quantitative estimate of drug-likeness (QED) is 0.174. The molecular weight excluding hydrogens is 765 g/mol. The molecule has 4 heterocycles. The number of para-hydroxylation sites is 2. The molecule has 0 saturated heterocycles. The topological polar surface area (TPSA) is 43.6 Å². The van der Waals surface area contributed by atoms with Crippen LogP contribution in [-0.2, 0) is 5.41 Å². The van der Waals surface area contributed by atoms with Gasteiger partial charge in [-0.25, -0.2) is 4.99 Å². The summed E-state index contributed by atoms with van der Waals surface area (Å²) in [7, 11) is 0. The third-order valence-electron chi connectivity index (χ3n) is 12.2. The van der Waals surface area contributed by atoms with E-state index < -0.39 is 0 Å². The van der Waals surface area contributed by atoms with E-state index in [1.54, 1.807) is 11.8 Å². The normalized spacial score (nSPS) is 14.8. The number of thioether (sulfide) groups is 1. The molecule has 292 valence electrons. The summed E-state index contributed by atoms with van der Waals surface area (Å²) < 4.78 is 15.3. The maximum Gasteiger partial charge on any atom is 0.135 e. The van der Waals surface area contributed by atoms with E-state index in [1.165, 1.54) is 33.0 Å². The van der Waals surface area contributed by atoms with Gasteiger partial charge in [0.15, 0.2) is 0 Å². The summed E-state index contributed by atoms with van der Waals surface area (Å²) in [4.78, 5) is 5.27. The van der Waals surface area contributed by atoms with Crippen molar-refractivity contribution in [1.82, 2.24) is 4.57 Å². The summed E-state index contributed by atoms with van der Waals surface area (Å²) in [5.41, 5.74) is 15.0. The molecule has 11 aromatic rings. The highest BCUT2D eigenvalue weighted by atomic mass is 32.2. The maximum atomic E-state index is 6.50. The van der Waals surface area contributed by atoms with Gasteiger partial charge in [-0.3, -0.25) is 0 Å². The van der Waals surface area contributed by atoms with Gasteiger partial charge in [0.25, 0.3) is 0 Å². The Morgan fingerprint density at radius 3 is 1.93 bits per heavy atom. The summed E-state index contributed by atoms with van der Waals surface area (Å²) in [5, 5.41) is 8.01. The van der Waals surface area contributed by atoms with E-state index in [2.05, 4.69) is 201 Å². The highest BCUT2D eigenvalue weighted by Gasteiger charge is 2.25. The molecule has 1 unspecified atom stereocenters. The molecule has 5 heteroatoms. The van der Waals surface area contributed by atoms with Gasteiger partial charge in [0.2, 0.25) is 0 Å². The van der Waals surface area contributed by atoms with Crippen molar-refractivity contribution < 1.29 is 8.83 Å². The van der Waals surface area contributed by atoms with Gasteiger partial charge in [-0.2, -0.15) is 0 Å². The minimum atomic E-state index is -0.0965. The van der Waals surface area contributed by atoms with E-state index in [4.69, 9.17) is 13.8 Å². The van der Waals surface area contributed by atoms with Crippen LogP contribution >= 0.6 is 11.8 Å². The minimum Gasteiger partial charge on any atom is -0.456 e. The lowest BCUT2D eigenvalue weighted by Crippen LogP contribution is -2.12. The second kappa shape index (κ2) is 13.7. The van der Waals surface area contributed by atoms with Gasteiger partial charge in [-0.05, 0) is 107 Å². The molecule has 0 spiro atoms.